The molecule has 2 aromatic rings. The molecule has 2 aliphatic heterocycles. The van der Waals surface area contributed by atoms with Gasteiger partial charge in [-0.2, -0.15) is 0 Å². The monoisotopic (exact) mass is 502 g/mol. The molecule has 1 saturated carbocycles. The number of hydrogen-bond acceptors (Lipinski definition) is 6. The lowest BCUT2D eigenvalue weighted by Crippen LogP contribution is -2.36. The summed E-state index contributed by atoms with van der Waals surface area (Å²) in [6, 6.07) is 16.6. The van der Waals surface area contributed by atoms with Gasteiger partial charge in [-0.25, -0.2) is 9.79 Å². The Balaban J connectivity index is 1.56. The summed E-state index contributed by atoms with van der Waals surface area (Å²) in [4.78, 5) is 20.3. The summed E-state index contributed by atoms with van der Waals surface area (Å²) in [5, 5.41) is 3.01. The quantitative estimate of drug-likeness (QED) is 0.369. The van der Waals surface area contributed by atoms with Crippen molar-refractivity contribution in [1.82, 2.24) is 4.90 Å². The van der Waals surface area contributed by atoms with Crippen molar-refractivity contribution in [3.63, 3.8) is 0 Å². The Kier molecular flexibility index (Phi) is 7.51. The maximum atomic E-state index is 13.3. The van der Waals surface area contributed by atoms with Crippen molar-refractivity contribution in [2.45, 2.75) is 64.8 Å². The minimum absolute atomic E-state index is 0.312. The third-order valence-corrected chi connectivity index (χ3v) is 8.06. The van der Waals surface area contributed by atoms with Crippen LogP contribution in [0.4, 0.5) is 0 Å². The number of nitrogens with zero attached hydrogens (tertiary/aromatic N) is 2. The number of thioether (sulfide) groups is 1. The second-order valence-electron chi connectivity index (χ2n) is 9.44. The number of hydrogen-bond donors (Lipinski definition) is 0. The van der Waals surface area contributed by atoms with Gasteiger partial charge >= 0.3 is 5.97 Å². The number of ether oxygens (including phenoxy) is 2. The van der Waals surface area contributed by atoms with Crippen molar-refractivity contribution in [1.29, 1.82) is 0 Å². The molecule has 0 unspecified atom stereocenters. The molecular weight excluding hydrogens is 468 g/mol. The Morgan fingerprint density at radius 2 is 1.78 bits per heavy atom. The minimum atomic E-state index is -0.390. The minimum Gasteiger partial charge on any atom is -0.494 e. The van der Waals surface area contributed by atoms with Gasteiger partial charge in [-0.15, -0.1) is 0 Å². The molecule has 1 fully saturated rings. The molecule has 1 aliphatic carbocycles. The maximum Gasteiger partial charge on any atom is 0.338 e. The molecule has 36 heavy (non-hydrogen) atoms. The molecule has 188 valence electrons. The van der Waals surface area contributed by atoms with Crippen molar-refractivity contribution in [3.05, 3.63) is 81.9 Å². The molecule has 5 nitrogen and oxygen atoms in total. The largest absolute Gasteiger partial charge is 0.494 e. The standard InChI is InChI=1S/C30H34N2O3S/c1-4-34-26-14-10-9-13-24(26)28-27(29(33)35-5-2)20(3)31-30-32(28)25(19-36-30)23-17-15-22(16-18-23)21-11-7-6-8-12-21/h9-10,13-19,21,28H,4-8,11-12H2,1-3H3/t28-/m1/s1. The lowest BCUT2D eigenvalue weighted by Gasteiger charge is -2.37. The Bertz CT molecular complexity index is 1210. The fraction of sp³-hybridized carbons (Fsp3) is 0.400. The van der Waals surface area contributed by atoms with Crippen LogP contribution in [0.3, 0.4) is 0 Å². The predicted octanol–water partition coefficient (Wildman–Crippen LogP) is 7.43. The van der Waals surface area contributed by atoms with Crippen LogP contribution in [0, 0.1) is 0 Å². The number of carbonyl (C=O) groups is 1. The highest BCUT2D eigenvalue weighted by molar-refractivity contribution is 8.16. The molecule has 0 aromatic heterocycles. The first-order chi connectivity index (χ1) is 17.6. The molecule has 6 heteroatoms. The predicted molar refractivity (Wildman–Crippen MR) is 147 cm³/mol. The second kappa shape index (κ2) is 11.0. The molecular formula is C30H34N2O3S. The van der Waals surface area contributed by atoms with E-state index in [0.717, 1.165) is 27.7 Å². The highest BCUT2D eigenvalue weighted by atomic mass is 32.2. The van der Waals surface area contributed by atoms with Gasteiger partial charge in [0.15, 0.2) is 5.17 Å². The third kappa shape index (κ3) is 4.71. The first-order valence-electron chi connectivity index (χ1n) is 13.1. The molecule has 3 aliphatic rings. The van der Waals surface area contributed by atoms with Gasteiger partial charge < -0.3 is 14.4 Å². The SMILES string of the molecule is CCOC(=O)C1=C(C)N=C2SC=C(c3ccc(C4CCCCC4)cc3)N2[C@@H]1c1ccccc1OCC. The average molecular weight is 503 g/mol. The Labute approximate surface area is 218 Å². The van der Waals surface area contributed by atoms with Crippen LogP contribution in [-0.2, 0) is 9.53 Å². The van der Waals surface area contributed by atoms with E-state index in [4.69, 9.17) is 14.5 Å². The molecule has 2 heterocycles. The zero-order valence-corrected chi connectivity index (χ0v) is 22.1. The Morgan fingerprint density at radius 3 is 2.50 bits per heavy atom. The zero-order valence-electron chi connectivity index (χ0n) is 21.3. The molecule has 0 N–H and O–H groups in total. The van der Waals surface area contributed by atoms with Crippen LogP contribution < -0.4 is 4.74 Å². The van der Waals surface area contributed by atoms with Crippen LogP contribution in [-0.4, -0.2) is 29.3 Å². The summed E-state index contributed by atoms with van der Waals surface area (Å²) in [5.74, 6) is 1.10. The fourth-order valence-corrected chi connectivity index (χ4v) is 6.48. The molecule has 2 aromatic carbocycles. The maximum absolute atomic E-state index is 13.3. The van der Waals surface area contributed by atoms with Crippen LogP contribution in [0.1, 0.15) is 81.5 Å². The Morgan fingerprint density at radius 1 is 1.03 bits per heavy atom. The van der Waals surface area contributed by atoms with Gasteiger partial charge in [0.1, 0.15) is 5.75 Å². The van der Waals surface area contributed by atoms with Crippen molar-refractivity contribution in [3.8, 4) is 5.75 Å². The average Bonchev–Trinajstić information content (AvgIpc) is 3.32. The van der Waals surface area contributed by atoms with Gasteiger partial charge in [-0.05, 0) is 56.7 Å². The van der Waals surface area contributed by atoms with Crippen LogP contribution in [0.2, 0.25) is 0 Å². The van der Waals surface area contributed by atoms with E-state index in [1.165, 1.54) is 37.7 Å². The zero-order chi connectivity index (χ0) is 25.1. The van der Waals surface area contributed by atoms with Crippen molar-refractivity contribution in [2.24, 2.45) is 4.99 Å². The van der Waals surface area contributed by atoms with Crippen LogP contribution in [0.15, 0.2) is 70.2 Å². The number of esters is 1. The molecule has 0 radical (unpaired) electrons. The van der Waals surface area contributed by atoms with Gasteiger partial charge in [-0.3, -0.25) is 0 Å². The number of rotatable bonds is 7. The highest BCUT2D eigenvalue weighted by Crippen LogP contribution is 2.49. The third-order valence-electron chi connectivity index (χ3n) is 7.22. The summed E-state index contributed by atoms with van der Waals surface area (Å²) >= 11 is 1.60. The van der Waals surface area contributed by atoms with E-state index < -0.39 is 6.04 Å². The van der Waals surface area contributed by atoms with Gasteiger partial charge in [0.2, 0.25) is 0 Å². The summed E-state index contributed by atoms with van der Waals surface area (Å²) in [6.07, 6.45) is 6.57. The number of aliphatic imine (C=N–C) groups is 1. The van der Waals surface area contributed by atoms with E-state index in [2.05, 4.69) is 34.6 Å². The first-order valence-corrected chi connectivity index (χ1v) is 13.9. The summed E-state index contributed by atoms with van der Waals surface area (Å²) < 4.78 is 11.5. The van der Waals surface area contributed by atoms with Crippen LogP contribution >= 0.6 is 11.8 Å². The molecule has 5 rings (SSSR count). The molecule has 0 amide bonds. The van der Waals surface area contributed by atoms with Gasteiger partial charge in [0.25, 0.3) is 0 Å². The highest BCUT2D eigenvalue weighted by Gasteiger charge is 2.42. The second-order valence-corrected chi connectivity index (χ2v) is 10.3. The van der Waals surface area contributed by atoms with E-state index >= 15 is 0 Å². The first kappa shape index (κ1) is 24.7. The van der Waals surface area contributed by atoms with Crippen LogP contribution in [0.25, 0.3) is 5.70 Å². The molecule has 0 bridgehead atoms. The van der Waals surface area contributed by atoms with E-state index in [-0.39, 0.29) is 5.97 Å². The van der Waals surface area contributed by atoms with Gasteiger partial charge in [0, 0.05) is 11.0 Å². The lowest BCUT2D eigenvalue weighted by molar-refractivity contribution is -0.139. The van der Waals surface area contributed by atoms with E-state index in [0.29, 0.717) is 30.4 Å². The number of benzene rings is 2. The normalized spacial score (nSPS) is 20.1. The summed E-state index contributed by atoms with van der Waals surface area (Å²) in [6.45, 7) is 6.56. The number of allylic oxidation sites excluding steroid dienone is 1. The number of para-hydroxylation sites is 1. The summed E-state index contributed by atoms with van der Waals surface area (Å²) in [5.41, 5.74) is 5.76. The van der Waals surface area contributed by atoms with Crippen molar-refractivity contribution in [2.75, 3.05) is 13.2 Å². The summed E-state index contributed by atoms with van der Waals surface area (Å²) in [7, 11) is 0. The van der Waals surface area contributed by atoms with E-state index in [9.17, 15) is 4.79 Å². The number of fused-ring (bicyclic) bond motifs is 1. The van der Waals surface area contributed by atoms with Crippen molar-refractivity contribution >= 4 is 28.6 Å². The smallest absolute Gasteiger partial charge is 0.338 e. The number of amidine groups is 1. The van der Waals surface area contributed by atoms with Crippen molar-refractivity contribution < 1.29 is 14.3 Å². The molecule has 1 atom stereocenters. The number of carbonyl (C=O) groups excluding carboxylic acids is 1. The van der Waals surface area contributed by atoms with Gasteiger partial charge in [-0.1, -0.05) is 73.5 Å². The lowest BCUT2D eigenvalue weighted by atomic mass is 9.84. The van der Waals surface area contributed by atoms with Gasteiger partial charge in [0.05, 0.1) is 36.2 Å². The topological polar surface area (TPSA) is 51.1 Å². The van der Waals surface area contributed by atoms with E-state index in [1.807, 2.05) is 45.0 Å². The Hall–Kier alpha value is -2.99. The molecule has 0 spiro atoms. The molecule has 0 saturated heterocycles. The fourth-order valence-electron chi connectivity index (χ4n) is 5.51. The van der Waals surface area contributed by atoms with E-state index in [1.54, 1.807) is 11.8 Å². The van der Waals surface area contributed by atoms with Crippen LogP contribution in [0.5, 0.6) is 5.75 Å².